The number of amides is 1. The summed E-state index contributed by atoms with van der Waals surface area (Å²) in [5.74, 6) is 0.179. The van der Waals surface area contributed by atoms with Crippen molar-refractivity contribution in [3.8, 4) is 6.07 Å². The largest absolute Gasteiger partial charge is 0.399 e. The summed E-state index contributed by atoms with van der Waals surface area (Å²) in [4.78, 5) is 12.9. The Hall–Kier alpha value is -1.97. The first kappa shape index (κ1) is 14.4. The number of nitrogens with zero attached hydrogens (tertiary/aromatic N) is 1. The highest BCUT2D eigenvalue weighted by Gasteiger charge is 2.09. The summed E-state index contributed by atoms with van der Waals surface area (Å²) in [5, 5.41) is 14.0. The average molecular weight is 303 g/mol. The molecule has 0 atom stereocenters. The average Bonchev–Trinajstić information content (AvgIpc) is 2.85. The van der Waals surface area contributed by atoms with Gasteiger partial charge in [0.1, 0.15) is 11.1 Å². The highest BCUT2D eigenvalue weighted by Crippen LogP contribution is 2.26. The molecule has 0 spiro atoms. The Balaban J connectivity index is 1.94. The molecule has 1 aromatic carbocycles. The van der Waals surface area contributed by atoms with Crippen LogP contribution in [0.1, 0.15) is 11.1 Å². The van der Waals surface area contributed by atoms with Gasteiger partial charge in [0, 0.05) is 10.6 Å². The second-order valence-electron chi connectivity index (χ2n) is 4.14. The summed E-state index contributed by atoms with van der Waals surface area (Å²) in [6.07, 6.45) is 0. The summed E-state index contributed by atoms with van der Waals surface area (Å²) in [5.41, 5.74) is 7.95. The number of thioether (sulfide) groups is 1. The number of hydrogen-bond donors (Lipinski definition) is 2. The number of carbonyl (C=O) groups is 1. The maximum atomic E-state index is 11.9. The fraction of sp³-hybridized carbons (Fsp3) is 0.143. The molecular formula is C14H13N3OS2. The molecule has 102 valence electrons. The van der Waals surface area contributed by atoms with E-state index in [0.717, 1.165) is 10.5 Å². The van der Waals surface area contributed by atoms with Gasteiger partial charge in [0.05, 0.1) is 11.3 Å². The number of hydrogen-bond acceptors (Lipinski definition) is 5. The van der Waals surface area contributed by atoms with Crippen molar-refractivity contribution in [1.29, 1.82) is 5.26 Å². The molecule has 0 bridgehead atoms. The van der Waals surface area contributed by atoms with Gasteiger partial charge in [0.15, 0.2) is 0 Å². The van der Waals surface area contributed by atoms with Crippen LogP contribution in [0.2, 0.25) is 0 Å². The predicted molar refractivity (Wildman–Crippen MR) is 84.0 cm³/mol. The minimum Gasteiger partial charge on any atom is -0.399 e. The van der Waals surface area contributed by atoms with E-state index in [9.17, 15) is 4.79 Å². The second kappa shape index (κ2) is 6.46. The molecule has 6 heteroatoms. The lowest BCUT2D eigenvalue weighted by Gasteiger charge is -2.06. The minimum atomic E-state index is -0.120. The lowest BCUT2D eigenvalue weighted by molar-refractivity contribution is -0.113. The molecule has 0 aliphatic heterocycles. The molecule has 3 N–H and O–H groups in total. The molecule has 0 saturated heterocycles. The van der Waals surface area contributed by atoms with Gasteiger partial charge in [-0.3, -0.25) is 4.79 Å². The first-order valence-electron chi connectivity index (χ1n) is 5.86. The summed E-state index contributed by atoms with van der Waals surface area (Å²) in [6.45, 7) is 1.96. The Morgan fingerprint density at radius 1 is 1.50 bits per heavy atom. The van der Waals surface area contributed by atoms with Gasteiger partial charge in [-0.15, -0.1) is 23.1 Å². The molecule has 0 radical (unpaired) electrons. The SMILES string of the molecule is Cc1cc(N)ccc1SCC(=O)Nc1sccc1C#N. The molecule has 0 unspecified atom stereocenters. The molecule has 20 heavy (non-hydrogen) atoms. The Bertz CT molecular complexity index is 673. The maximum absolute atomic E-state index is 11.9. The standard InChI is InChI=1S/C14H13N3OS2/c1-9-6-11(16)2-3-12(9)20-8-13(18)17-14-10(7-15)4-5-19-14/h2-6H,8,16H2,1H3,(H,17,18). The van der Waals surface area contributed by atoms with Crippen molar-refractivity contribution in [1.82, 2.24) is 0 Å². The van der Waals surface area contributed by atoms with Gasteiger partial charge in [0.2, 0.25) is 5.91 Å². The van der Waals surface area contributed by atoms with Gasteiger partial charge in [-0.05, 0) is 42.1 Å². The van der Waals surface area contributed by atoms with Gasteiger partial charge in [-0.2, -0.15) is 5.26 Å². The van der Waals surface area contributed by atoms with E-state index in [-0.39, 0.29) is 5.91 Å². The molecule has 4 nitrogen and oxygen atoms in total. The molecule has 1 heterocycles. The van der Waals surface area contributed by atoms with E-state index < -0.39 is 0 Å². The number of aryl methyl sites for hydroxylation is 1. The van der Waals surface area contributed by atoms with Crippen LogP contribution in [0.4, 0.5) is 10.7 Å². The van der Waals surface area contributed by atoms with Gasteiger partial charge < -0.3 is 11.1 Å². The van der Waals surface area contributed by atoms with Crippen molar-refractivity contribution in [3.63, 3.8) is 0 Å². The predicted octanol–water partition coefficient (Wildman–Crippen LogP) is 3.24. The summed E-state index contributed by atoms with van der Waals surface area (Å²) in [6, 6.07) is 9.35. The highest BCUT2D eigenvalue weighted by molar-refractivity contribution is 8.00. The fourth-order valence-electron chi connectivity index (χ4n) is 1.63. The molecule has 0 aliphatic rings. The number of rotatable bonds is 4. The number of anilines is 2. The lowest BCUT2D eigenvalue weighted by atomic mass is 10.2. The van der Waals surface area contributed by atoms with E-state index in [2.05, 4.69) is 5.32 Å². The van der Waals surface area contributed by atoms with Crippen LogP contribution in [-0.4, -0.2) is 11.7 Å². The van der Waals surface area contributed by atoms with Crippen LogP contribution in [0.25, 0.3) is 0 Å². The zero-order valence-corrected chi connectivity index (χ0v) is 12.5. The topological polar surface area (TPSA) is 78.9 Å². The van der Waals surface area contributed by atoms with Crippen LogP contribution in [0.3, 0.4) is 0 Å². The quantitative estimate of drug-likeness (QED) is 0.671. The lowest BCUT2D eigenvalue weighted by Crippen LogP contribution is -2.13. The van der Waals surface area contributed by atoms with Crippen LogP contribution >= 0.6 is 23.1 Å². The van der Waals surface area contributed by atoms with Crippen molar-refractivity contribution < 1.29 is 4.79 Å². The van der Waals surface area contributed by atoms with E-state index in [4.69, 9.17) is 11.0 Å². The smallest absolute Gasteiger partial charge is 0.235 e. The number of nitrogens with two attached hydrogens (primary N) is 1. The van der Waals surface area contributed by atoms with Gasteiger partial charge >= 0.3 is 0 Å². The van der Waals surface area contributed by atoms with Crippen LogP contribution in [0, 0.1) is 18.3 Å². The number of benzene rings is 1. The monoisotopic (exact) mass is 303 g/mol. The number of nitrogen functional groups attached to an aromatic ring is 1. The third kappa shape index (κ3) is 3.53. The Kier molecular flexibility index (Phi) is 4.66. The van der Waals surface area contributed by atoms with Gasteiger partial charge in [-0.25, -0.2) is 0 Å². The molecule has 1 amide bonds. The molecule has 0 saturated carbocycles. The Morgan fingerprint density at radius 2 is 2.30 bits per heavy atom. The maximum Gasteiger partial charge on any atom is 0.235 e. The van der Waals surface area contributed by atoms with Crippen LogP contribution in [0.5, 0.6) is 0 Å². The summed E-state index contributed by atoms with van der Waals surface area (Å²) < 4.78 is 0. The Morgan fingerprint density at radius 3 is 3.00 bits per heavy atom. The normalized spacial score (nSPS) is 10.0. The van der Waals surface area contributed by atoms with Crippen LogP contribution < -0.4 is 11.1 Å². The zero-order chi connectivity index (χ0) is 14.5. The third-order valence-electron chi connectivity index (χ3n) is 2.60. The number of thiophene rings is 1. The third-order valence-corrected chi connectivity index (χ3v) is 4.60. The van der Waals surface area contributed by atoms with E-state index >= 15 is 0 Å². The molecule has 0 fully saturated rings. The second-order valence-corrected chi connectivity index (χ2v) is 6.07. The molecule has 1 aromatic heterocycles. The van der Waals surface area contributed by atoms with E-state index in [0.29, 0.717) is 22.0 Å². The van der Waals surface area contributed by atoms with Crippen molar-refractivity contribution in [2.75, 3.05) is 16.8 Å². The van der Waals surface area contributed by atoms with Gasteiger partial charge in [-0.1, -0.05) is 0 Å². The zero-order valence-electron chi connectivity index (χ0n) is 10.8. The minimum absolute atomic E-state index is 0.120. The van der Waals surface area contributed by atoms with E-state index in [1.165, 1.54) is 23.1 Å². The van der Waals surface area contributed by atoms with Gasteiger partial charge in [0.25, 0.3) is 0 Å². The van der Waals surface area contributed by atoms with Crippen molar-refractivity contribution >= 4 is 39.7 Å². The number of carbonyl (C=O) groups excluding carboxylic acids is 1. The van der Waals surface area contributed by atoms with Crippen LogP contribution in [-0.2, 0) is 4.79 Å². The Labute approximate surface area is 125 Å². The number of nitrogens with one attached hydrogen (secondary N) is 1. The van der Waals surface area contributed by atoms with Crippen molar-refractivity contribution in [2.45, 2.75) is 11.8 Å². The van der Waals surface area contributed by atoms with Crippen LogP contribution in [0.15, 0.2) is 34.5 Å². The van der Waals surface area contributed by atoms with Crippen molar-refractivity contribution in [2.24, 2.45) is 0 Å². The van der Waals surface area contributed by atoms with E-state index in [1.807, 2.05) is 31.2 Å². The first-order valence-corrected chi connectivity index (χ1v) is 7.73. The van der Waals surface area contributed by atoms with E-state index in [1.54, 1.807) is 11.4 Å². The highest BCUT2D eigenvalue weighted by atomic mass is 32.2. The first-order chi connectivity index (χ1) is 9.60. The summed E-state index contributed by atoms with van der Waals surface area (Å²) >= 11 is 2.80. The summed E-state index contributed by atoms with van der Waals surface area (Å²) in [7, 11) is 0. The molecular weight excluding hydrogens is 290 g/mol. The fourth-order valence-corrected chi connectivity index (χ4v) is 3.20. The van der Waals surface area contributed by atoms with Crippen molar-refractivity contribution in [3.05, 3.63) is 40.8 Å². The molecule has 0 aliphatic carbocycles. The molecule has 2 rings (SSSR count). The number of nitriles is 1. The molecule has 2 aromatic rings.